The summed E-state index contributed by atoms with van der Waals surface area (Å²) in [5, 5.41) is 4.63. The van der Waals surface area contributed by atoms with Crippen LogP contribution < -0.4 is 9.64 Å². The number of hydrogen-bond donors (Lipinski definition) is 0. The van der Waals surface area contributed by atoms with Gasteiger partial charge in [0.15, 0.2) is 0 Å². The van der Waals surface area contributed by atoms with Gasteiger partial charge in [-0.2, -0.15) is 0 Å². The van der Waals surface area contributed by atoms with Gasteiger partial charge in [0.1, 0.15) is 17.3 Å². The first kappa shape index (κ1) is 26.8. The Hall–Kier alpha value is -3.36. The molecule has 3 heterocycles. The third kappa shape index (κ3) is 4.67. The van der Waals surface area contributed by atoms with Crippen LogP contribution in [0.5, 0.6) is 5.75 Å². The van der Waals surface area contributed by atoms with Gasteiger partial charge in [-0.15, -0.1) is 0 Å². The van der Waals surface area contributed by atoms with E-state index in [9.17, 15) is 4.79 Å². The van der Waals surface area contributed by atoms with Gasteiger partial charge in [-0.3, -0.25) is 4.79 Å². The maximum Gasteiger partial charge on any atom is 0.227 e. The van der Waals surface area contributed by atoms with E-state index in [1.807, 2.05) is 36.9 Å². The van der Waals surface area contributed by atoms with Crippen molar-refractivity contribution in [2.75, 3.05) is 19.1 Å². The predicted octanol–water partition coefficient (Wildman–Crippen LogP) is 7.36. The number of imidazole rings is 1. The highest BCUT2D eigenvalue weighted by Gasteiger charge is 2.36. The van der Waals surface area contributed by atoms with Crippen molar-refractivity contribution in [1.29, 1.82) is 0 Å². The maximum absolute atomic E-state index is 13.5. The fourth-order valence-corrected chi connectivity index (χ4v) is 6.82. The quantitative estimate of drug-likeness (QED) is 0.244. The lowest BCUT2D eigenvalue weighted by atomic mass is 9.91. The van der Waals surface area contributed by atoms with Crippen molar-refractivity contribution in [1.82, 2.24) is 14.7 Å². The van der Waals surface area contributed by atoms with Gasteiger partial charge in [0.25, 0.3) is 0 Å². The Bertz CT molecular complexity index is 1530. The molecule has 0 N–H and O–H groups in total. The second-order valence-electron chi connectivity index (χ2n) is 10.9. The molecule has 4 aromatic rings. The molecule has 1 aliphatic heterocycles. The minimum absolute atomic E-state index is 0.0793. The molecule has 6 rings (SSSR count). The van der Waals surface area contributed by atoms with Crippen LogP contribution in [0.1, 0.15) is 74.3 Å². The summed E-state index contributed by atoms with van der Waals surface area (Å²) < 4.78 is 18.9. The summed E-state index contributed by atoms with van der Waals surface area (Å²) in [6.07, 6.45) is 6.41. The molecule has 2 aromatic carbocycles. The number of amides is 1. The Morgan fingerprint density at radius 1 is 1.02 bits per heavy atom. The van der Waals surface area contributed by atoms with Crippen molar-refractivity contribution in [3.05, 3.63) is 58.7 Å². The van der Waals surface area contributed by atoms with Gasteiger partial charge in [0.05, 0.1) is 41.0 Å². The highest BCUT2D eigenvalue weighted by molar-refractivity contribution is 6.32. The number of methoxy groups -OCH3 is 2. The highest BCUT2D eigenvalue weighted by atomic mass is 35.5. The van der Waals surface area contributed by atoms with E-state index in [-0.39, 0.29) is 24.1 Å². The van der Waals surface area contributed by atoms with Crippen molar-refractivity contribution >= 4 is 34.2 Å². The van der Waals surface area contributed by atoms with Crippen LogP contribution in [0.15, 0.2) is 40.9 Å². The molecular weight excluding hydrogens is 528 g/mol. The van der Waals surface area contributed by atoms with Crippen LogP contribution in [-0.2, 0) is 9.53 Å². The van der Waals surface area contributed by atoms with E-state index in [1.54, 1.807) is 14.2 Å². The predicted molar refractivity (Wildman–Crippen MR) is 155 cm³/mol. The van der Waals surface area contributed by atoms with E-state index >= 15 is 0 Å². The number of benzene rings is 2. The van der Waals surface area contributed by atoms with E-state index in [1.165, 1.54) is 0 Å². The SMILES string of the molecule is COc1ccc(N2C(=O)CCC[C@H]2c2nc3cc(-c4c(C)noc4C)ccc3n2C2CCC(OC)CC2)cc1Cl. The third-order valence-corrected chi connectivity index (χ3v) is 8.84. The summed E-state index contributed by atoms with van der Waals surface area (Å²) in [5.74, 6) is 2.37. The van der Waals surface area contributed by atoms with Gasteiger partial charge >= 0.3 is 0 Å². The monoisotopic (exact) mass is 562 g/mol. The summed E-state index contributed by atoms with van der Waals surface area (Å²) in [4.78, 5) is 20.7. The second kappa shape index (κ2) is 10.9. The maximum atomic E-state index is 13.5. The Balaban J connectivity index is 1.49. The number of carbonyl (C=O) groups is 1. The number of nitrogens with zero attached hydrogens (tertiary/aromatic N) is 4. The van der Waals surface area contributed by atoms with Gasteiger partial charge in [-0.1, -0.05) is 22.8 Å². The third-order valence-electron chi connectivity index (χ3n) is 8.54. The van der Waals surface area contributed by atoms with Crippen molar-refractivity contribution in [2.24, 2.45) is 0 Å². The van der Waals surface area contributed by atoms with Crippen molar-refractivity contribution in [2.45, 2.75) is 77.0 Å². The summed E-state index contributed by atoms with van der Waals surface area (Å²) in [5.41, 5.74) is 5.64. The fraction of sp³-hybridized carbons (Fsp3) is 0.452. The number of piperidine rings is 1. The number of fused-ring (bicyclic) bond motifs is 1. The normalized spacial score (nSPS) is 21.8. The molecule has 0 radical (unpaired) electrons. The second-order valence-corrected chi connectivity index (χ2v) is 11.3. The largest absolute Gasteiger partial charge is 0.495 e. The number of aromatic nitrogens is 3. The molecule has 2 fully saturated rings. The lowest BCUT2D eigenvalue weighted by molar-refractivity contribution is -0.120. The Kier molecular flexibility index (Phi) is 7.31. The molecule has 0 unspecified atom stereocenters. The van der Waals surface area contributed by atoms with Crippen molar-refractivity contribution < 1.29 is 18.8 Å². The highest BCUT2D eigenvalue weighted by Crippen LogP contribution is 2.43. The molecule has 1 saturated carbocycles. The molecule has 0 spiro atoms. The van der Waals surface area contributed by atoms with Gasteiger partial charge in [-0.05, 0) is 88.3 Å². The van der Waals surface area contributed by atoms with E-state index < -0.39 is 0 Å². The fourth-order valence-electron chi connectivity index (χ4n) is 6.57. The molecule has 9 heteroatoms. The average Bonchev–Trinajstić information content (AvgIpc) is 3.51. The van der Waals surface area contributed by atoms with E-state index in [0.717, 1.165) is 83.7 Å². The van der Waals surface area contributed by atoms with Gasteiger partial charge in [-0.25, -0.2) is 4.98 Å². The van der Waals surface area contributed by atoms with E-state index in [2.05, 4.69) is 27.9 Å². The van der Waals surface area contributed by atoms with Crippen LogP contribution in [0.25, 0.3) is 22.2 Å². The molecule has 8 nitrogen and oxygen atoms in total. The Morgan fingerprint density at radius 2 is 1.82 bits per heavy atom. The molecule has 2 aromatic heterocycles. The van der Waals surface area contributed by atoms with Crippen LogP contribution in [-0.4, -0.2) is 40.9 Å². The zero-order valence-corrected chi connectivity index (χ0v) is 24.2. The topological polar surface area (TPSA) is 82.6 Å². The zero-order valence-electron chi connectivity index (χ0n) is 23.4. The van der Waals surface area contributed by atoms with Gasteiger partial charge in [0, 0.05) is 30.8 Å². The number of halogens is 1. The smallest absolute Gasteiger partial charge is 0.227 e. The molecule has 1 atom stereocenters. The molecular formula is C31H35ClN4O4. The first-order valence-corrected chi connectivity index (χ1v) is 14.4. The number of hydrogen-bond acceptors (Lipinski definition) is 6. The number of ether oxygens (including phenoxy) is 2. The number of aryl methyl sites for hydroxylation is 2. The number of anilines is 1. The minimum Gasteiger partial charge on any atom is -0.495 e. The molecule has 40 heavy (non-hydrogen) atoms. The number of carbonyl (C=O) groups excluding carboxylic acids is 1. The molecule has 210 valence electrons. The molecule has 0 bridgehead atoms. The van der Waals surface area contributed by atoms with E-state index in [4.69, 9.17) is 30.6 Å². The van der Waals surface area contributed by atoms with Crippen LogP contribution in [0.2, 0.25) is 5.02 Å². The van der Waals surface area contributed by atoms with Crippen LogP contribution in [0.4, 0.5) is 5.69 Å². The van der Waals surface area contributed by atoms with Gasteiger partial charge < -0.3 is 23.5 Å². The lowest BCUT2D eigenvalue weighted by Crippen LogP contribution is -2.40. The molecule has 1 amide bonds. The summed E-state index contributed by atoms with van der Waals surface area (Å²) in [6.45, 7) is 3.89. The molecule has 1 saturated heterocycles. The van der Waals surface area contributed by atoms with Crippen LogP contribution in [0, 0.1) is 13.8 Å². The Morgan fingerprint density at radius 3 is 2.50 bits per heavy atom. The molecule has 2 aliphatic rings. The van der Waals surface area contributed by atoms with Crippen LogP contribution in [0.3, 0.4) is 0 Å². The number of rotatable bonds is 6. The standard InChI is InChI=1S/C31H35ClN4O4/c1-18-30(19(2)40-34-18)20-8-14-26-25(16-20)33-31(36(26)21-9-12-23(38-3)13-10-21)27-6-5-7-29(37)35(27)22-11-15-28(39-4)24(32)17-22/h8,11,14-17,21,23,27H,5-7,9-10,12-13H2,1-4H3/t21?,23?,27-/m0/s1. The summed E-state index contributed by atoms with van der Waals surface area (Å²) >= 11 is 6.52. The van der Waals surface area contributed by atoms with Crippen LogP contribution >= 0.6 is 11.6 Å². The summed E-state index contributed by atoms with van der Waals surface area (Å²) in [7, 11) is 3.39. The van der Waals surface area contributed by atoms with Crippen molar-refractivity contribution in [3.8, 4) is 16.9 Å². The first-order valence-electron chi connectivity index (χ1n) is 14.0. The zero-order chi connectivity index (χ0) is 28.0. The first-order chi connectivity index (χ1) is 19.4. The van der Waals surface area contributed by atoms with Gasteiger partial charge in [0.2, 0.25) is 5.91 Å². The summed E-state index contributed by atoms with van der Waals surface area (Å²) in [6, 6.07) is 12.0. The lowest BCUT2D eigenvalue weighted by Gasteiger charge is -2.37. The average molecular weight is 563 g/mol. The molecule has 1 aliphatic carbocycles. The van der Waals surface area contributed by atoms with E-state index in [0.29, 0.717) is 17.2 Å². The minimum atomic E-state index is -0.208. The Labute approximate surface area is 239 Å². The van der Waals surface area contributed by atoms with Crippen molar-refractivity contribution in [3.63, 3.8) is 0 Å².